The molecule has 2 amide bonds. The summed E-state index contributed by atoms with van der Waals surface area (Å²) in [5.41, 5.74) is 2.42. The predicted molar refractivity (Wildman–Crippen MR) is 102 cm³/mol. The first kappa shape index (κ1) is 21.2. The highest BCUT2D eigenvalue weighted by molar-refractivity contribution is 5.97. The average molecular weight is 420 g/mol. The number of carbonyl (C=O) groups is 2. The molecule has 0 aliphatic heterocycles. The van der Waals surface area contributed by atoms with Crippen LogP contribution in [0.25, 0.3) is 5.78 Å². The van der Waals surface area contributed by atoms with Crippen LogP contribution < -0.4 is 10.6 Å². The van der Waals surface area contributed by atoms with Gasteiger partial charge in [0.2, 0.25) is 5.91 Å². The van der Waals surface area contributed by atoms with Gasteiger partial charge in [0.25, 0.3) is 17.5 Å². The van der Waals surface area contributed by atoms with Gasteiger partial charge in [-0.3, -0.25) is 9.59 Å². The molecule has 0 spiro atoms. The number of aromatic nitrogens is 4. The molecule has 2 heterocycles. The average Bonchev–Trinajstić information content (AvgIpc) is 3.12. The number of carbonyl (C=O) groups excluding carboxylic acids is 2. The van der Waals surface area contributed by atoms with Gasteiger partial charge < -0.3 is 10.6 Å². The molecule has 3 aromatic rings. The van der Waals surface area contributed by atoms with Crippen LogP contribution in [-0.2, 0) is 17.4 Å². The minimum atomic E-state index is -4.67. The zero-order valence-corrected chi connectivity index (χ0v) is 16.5. The molecule has 158 valence electrons. The van der Waals surface area contributed by atoms with Gasteiger partial charge in [0.15, 0.2) is 0 Å². The van der Waals surface area contributed by atoms with Crippen LogP contribution in [0.1, 0.15) is 39.6 Å². The first-order valence-corrected chi connectivity index (χ1v) is 9.02. The van der Waals surface area contributed by atoms with Gasteiger partial charge in [0.1, 0.15) is 0 Å². The van der Waals surface area contributed by atoms with Crippen molar-refractivity contribution in [2.45, 2.75) is 32.9 Å². The number of benzene rings is 1. The molecular formula is C19H19F3N6O2. The maximum atomic E-state index is 12.9. The summed E-state index contributed by atoms with van der Waals surface area (Å²) in [7, 11) is 1.51. The lowest BCUT2D eigenvalue weighted by Gasteiger charge is -2.11. The maximum Gasteiger partial charge on any atom is 0.453 e. The summed E-state index contributed by atoms with van der Waals surface area (Å²) in [6, 6.07) is 6.47. The van der Waals surface area contributed by atoms with E-state index in [-0.39, 0.29) is 30.4 Å². The second kappa shape index (κ2) is 8.09. The molecule has 0 saturated carbocycles. The molecule has 0 atom stereocenters. The minimum Gasteiger partial charge on any atom is -0.355 e. The molecule has 11 heteroatoms. The Labute approximate surface area is 169 Å². The summed E-state index contributed by atoms with van der Waals surface area (Å²) in [6.45, 7) is 3.26. The highest BCUT2D eigenvalue weighted by Gasteiger charge is 2.36. The Morgan fingerprint density at radius 2 is 1.90 bits per heavy atom. The van der Waals surface area contributed by atoms with Crippen LogP contribution in [0.2, 0.25) is 0 Å². The molecule has 0 aliphatic rings. The highest BCUT2D eigenvalue weighted by atomic mass is 19.4. The van der Waals surface area contributed by atoms with E-state index >= 15 is 0 Å². The van der Waals surface area contributed by atoms with Gasteiger partial charge in [-0.25, -0.2) is 9.50 Å². The second-order valence-corrected chi connectivity index (χ2v) is 6.61. The van der Waals surface area contributed by atoms with E-state index < -0.39 is 12.0 Å². The number of nitrogens with zero attached hydrogens (tertiary/aromatic N) is 4. The fraction of sp³-hybridized carbons (Fsp3) is 0.316. The second-order valence-electron chi connectivity index (χ2n) is 6.61. The van der Waals surface area contributed by atoms with Gasteiger partial charge in [-0.05, 0) is 44.0 Å². The summed E-state index contributed by atoms with van der Waals surface area (Å²) in [6.07, 6.45) is -4.35. The largest absolute Gasteiger partial charge is 0.453 e. The first-order chi connectivity index (χ1) is 14.1. The summed E-state index contributed by atoms with van der Waals surface area (Å²) in [5, 5.41) is 8.71. The lowest BCUT2D eigenvalue weighted by atomic mass is 10.1. The Bertz CT molecular complexity index is 1120. The van der Waals surface area contributed by atoms with Crippen LogP contribution in [0.4, 0.5) is 18.9 Å². The van der Waals surface area contributed by atoms with Crippen molar-refractivity contribution in [3.05, 3.63) is 52.6 Å². The van der Waals surface area contributed by atoms with Crippen molar-refractivity contribution < 1.29 is 22.8 Å². The Kier molecular flexibility index (Phi) is 5.72. The van der Waals surface area contributed by atoms with Crippen LogP contribution in [0.5, 0.6) is 0 Å². The fourth-order valence-corrected chi connectivity index (χ4v) is 3.03. The van der Waals surface area contributed by atoms with E-state index in [2.05, 4.69) is 25.7 Å². The summed E-state index contributed by atoms with van der Waals surface area (Å²) < 4.78 is 39.7. The summed E-state index contributed by atoms with van der Waals surface area (Å²) in [5.74, 6) is -1.99. The number of alkyl halides is 3. The van der Waals surface area contributed by atoms with Crippen LogP contribution >= 0.6 is 0 Å². The number of rotatable bonds is 5. The standard InChI is InChI=1S/C19H19F3N6O2/c1-10-14(11(2)28-18(24-10)26-17(27-28)19(20,21)22)7-8-15(29)25-13-6-4-5-12(9-13)16(30)23-3/h4-6,9H,7-8H2,1-3H3,(H,23,30)(H,25,29). The summed E-state index contributed by atoms with van der Waals surface area (Å²) >= 11 is 0. The smallest absolute Gasteiger partial charge is 0.355 e. The number of hydrogen-bond donors (Lipinski definition) is 2. The van der Waals surface area contributed by atoms with Gasteiger partial charge in [-0.2, -0.15) is 18.2 Å². The van der Waals surface area contributed by atoms with E-state index in [4.69, 9.17) is 0 Å². The van der Waals surface area contributed by atoms with Gasteiger partial charge >= 0.3 is 6.18 Å². The molecule has 2 N–H and O–H groups in total. The first-order valence-electron chi connectivity index (χ1n) is 9.02. The number of fused-ring (bicyclic) bond motifs is 1. The van der Waals surface area contributed by atoms with Crippen molar-refractivity contribution >= 4 is 23.3 Å². The summed E-state index contributed by atoms with van der Waals surface area (Å²) in [4.78, 5) is 31.6. The van der Waals surface area contributed by atoms with Crippen LogP contribution in [-0.4, -0.2) is 38.4 Å². The van der Waals surface area contributed by atoms with Gasteiger partial charge in [0.05, 0.1) is 0 Å². The van der Waals surface area contributed by atoms with E-state index in [1.165, 1.54) is 7.05 Å². The Morgan fingerprint density at radius 3 is 2.57 bits per heavy atom. The quantitative estimate of drug-likeness (QED) is 0.661. The van der Waals surface area contributed by atoms with Gasteiger partial charge in [-0.15, -0.1) is 5.10 Å². The van der Waals surface area contributed by atoms with Crippen molar-refractivity contribution in [1.29, 1.82) is 0 Å². The third-order valence-corrected chi connectivity index (χ3v) is 4.54. The van der Waals surface area contributed by atoms with Crippen molar-refractivity contribution in [3.63, 3.8) is 0 Å². The number of aryl methyl sites for hydroxylation is 2. The molecule has 0 bridgehead atoms. The minimum absolute atomic E-state index is 0.0693. The number of hydrogen-bond acceptors (Lipinski definition) is 5. The zero-order chi connectivity index (χ0) is 22.1. The molecular weight excluding hydrogens is 401 g/mol. The van der Waals surface area contributed by atoms with Crippen LogP contribution in [0, 0.1) is 13.8 Å². The number of anilines is 1. The molecule has 8 nitrogen and oxygen atoms in total. The zero-order valence-electron chi connectivity index (χ0n) is 16.5. The third kappa shape index (κ3) is 4.39. The lowest BCUT2D eigenvalue weighted by Crippen LogP contribution is -2.18. The lowest BCUT2D eigenvalue weighted by molar-refractivity contribution is -0.144. The van der Waals surface area contributed by atoms with Crippen molar-refractivity contribution in [3.8, 4) is 0 Å². The molecule has 3 rings (SSSR count). The SMILES string of the molecule is CNC(=O)c1cccc(NC(=O)CCc2c(C)nc3nc(C(F)(F)F)nn3c2C)c1. The monoisotopic (exact) mass is 420 g/mol. The Hall–Kier alpha value is -3.50. The van der Waals surface area contributed by atoms with E-state index in [0.29, 0.717) is 28.2 Å². The highest BCUT2D eigenvalue weighted by Crippen LogP contribution is 2.27. The molecule has 0 unspecified atom stereocenters. The topological polar surface area (TPSA) is 101 Å². The van der Waals surface area contributed by atoms with Crippen molar-refractivity contribution in [2.24, 2.45) is 0 Å². The molecule has 2 aromatic heterocycles. The number of amides is 2. The molecule has 1 aromatic carbocycles. The number of nitrogens with one attached hydrogen (secondary N) is 2. The maximum absolute atomic E-state index is 12.9. The molecule has 0 aliphatic carbocycles. The van der Waals surface area contributed by atoms with Gasteiger partial charge in [-0.1, -0.05) is 6.07 Å². The van der Waals surface area contributed by atoms with Gasteiger partial charge in [0, 0.05) is 36.1 Å². The fourth-order valence-electron chi connectivity index (χ4n) is 3.03. The molecule has 30 heavy (non-hydrogen) atoms. The third-order valence-electron chi connectivity index (χ3n) is 4.54. The molecule has 0 saturated heterocycles. The van der Waals surface area contributed by atoms with E-state index in [9.17, 15) is 22.8 Å². The molecule has 0 radical (unpaired) electrons. The van der Waals surface area contributed by atoms with Crippen molar-refractivity contribution in [1.82, 2.24) is 24.9 Å². The van der Waals surface area contributed by atoms with Crippen molar-refractivity contribution in [2.75, 3.05) is 12.4 Å². The predicted octanol–water partition coefficient (Wildman–Crippen LogP) is 2.69. The van der Waals surface area contributed by atoms with E-state index in [0.717, 1.165) is 4.52 Å². The molecule has 0 fully saturated rings. The van der Waals surface area contributed by atoms with E-state index in [1.54, 1.807) is 38.1 Å². The Balaban J connectivity index is 1.75. The normalized spacial score (nSPS) is 11.5. The van der Waals surface area contributed by atoms with E-state index in [1.807, 2.05) is 0 Å². The van der Waals surface area contributed by atoms with Crippen LogP contribution in [0.15, 0.2) is 24.3 Å². The Morgan fingerprint density at radius 1 is 1.17 bits per heavy atom. The van der Waals surface area contributed by atoms with Crippen LogP contribution in [0.3, 0.4) is 0 Å². The number of halogens is 3.